The quantitative estimate of drug-likeness (QED) is 0.152. The summed E-state index contributed by atoms with van der Waals surface area (Å²) >= 11 is 0. The third-order valence-electron chi connectivity index (χ3n) is 9.60. The fourth-order valence-electron chi connectivity index (χ4n) is 7.70. The van der Waals surface area contributed by atoms with Gasteiger partial charge in [0.2, 0.25) is 0 Å². The van der Waals surface area contributed by atoms with Crippen molar-refractivity contribution in [2.24, 2.45) is 0 Å². The molecule has 208 valence electrons. The van der Waals surface area contributed by atoms with Gasteiger partial charge >= 0.3 is 0 Å². The Morgan fingerprint density at radius 1 is 0.311 bits per heavy atom. The first-order valence-electron chi connectivity index (χ1n) is 15.5. The summed E-state index contributed by atoms with van der Waals surface area (Å²) in [7, 11) is 0. The van der Waals surface area contributed by atoms with E-state index in [1.54, 1.807) is 0 Å². The van der Waals surface area contributed by atoms with Crippen molar-refractivity contribution in [1.29, 1.82) is 0 Å². The molecule has 0 saturated carbocycles. The second-order valence-corrected chi connectivity index (χ2v) is 12.0. The van der Waals surface area contributed by atoms with Crippen molar-refractivity contribution in [2.75, 3.05) is 0 Å². The smallest absolute Gasteiger partial charge is 0.136 e. The highest BCUT2D eigenvalue weighted by Crippen LogP contribution is 2.49. The van der Waals surface area contributed by atoms with Gasteiger partial charge in [-0.05, 0) is 101 Å². The number of hydrogen-bond acceptors (Lipinski definition) is 1. The van der Waals surface area contributed by atoms with Gasteiger partial charge in [-0.2, -0.15) is 0 Å². The first-order chi connectivity index (χ1) is 22.3. The van der Waals surface area contributed by atoms with Crippen LogP contribution in [-0.2, 0) is 0 Å². The van der Waals surface area contributed by atoms with E-state index in [1.165, 1.54) is 87.2 Å². The lowest BCUT2D eigenvalue weighted by Crippen LogP contribution is -1.93. The first-order valence-corrected chi connectivity index (χ1v) is 15.5. The van der Waals surface area contributed by atoms with Gasteiger partial charge in [-0.25, -0.2) is 0 Å². The summed E-state index contributed by atoms with van der Waals surface area (Å²) in [6.45, 7) is 0. The van der Waals surface area contributed by atoms with E-state index >= 15 is 0 Å². The SMILES string of the molecule is c1ccc(-c2c3ccccc3c(-c3cc4cccc5oc6cccc3c6c45)c3ccccc23)c(-c2ccc3ccccc3c2)c1. The molecule has 0 aliphatic heterocycles. The van der Waals surface area contributed by atoms with Gasteiger partial charge in [-0.15, -0.1) is 0 Å². The van der Waals surface area contributed by atoms with E-state index in [1.807, 2.05) is 0 Å². The fraction of sp³-hybridized carbons (Fsp3) is 0. The van der Waals surface area contributed by atoms with Gasteiger partial charge in [-0.3, -0.25) is 0 Å². The average Bonchev–Trinajstić information content (AvgIpc) is 3.49. The van der Waals surface area contributed by atoms with Crippen LogP contribution in [0.25, 0.3) is 98.4 Å². The maximum atomic E-state index is 6.34. The number of hydrogen-bond donors (Lipinski definition) is 0. The van der Waals surface area contributed by atoms with Gasteiger partial charge in [0.15, 0.2) is 0 Å². The van der Waals surface area contributed by atoms with Crippen molar-refractivity contribution >= 4 is 65.0 Å². The molecule has 1 heterocycles. The van der Waals surface area contributed by atoms with Crippen LogP contribution in [-0.4, -0.2) is 0 Å². The zero-order valence-corrected chi connectivity index (χ0v) is 24.4. The lowest BCUT2D eigenvalue weighted by Gasteiger charge is -2.20. The molecule has 0 unspecified atom stereocenters. The number of fused-ring (bicyclic) bond motifs is 3. The zero-order chi connectivity index (χ0) is 29.5. The number of rotatable bonds is 3. The Labute approximate surface area is 259 Å². The lowest BCUT2D eigenvalue weighted by molar-refractivity contribution is 0.669. The molecule has 0 N–H and O–H groups in total. The van der Waals surface area contributed by atoms with E-state index < -0.39 is 0 Å². The monoisotopic (exact) mass is 570 g/mol. The molecule has 45 heavy (non-hydrogen) atoms. The Morgan fingerprint density at radius 2 is 0.844 bits per heavy atom. The van der Waals surface area contributed by atoms with Crippen molar-refractivity contribution in [1.82, 2.24) is 0 Å². The molecule has 0 saturated heterocycles. The Morgan fingerprint density at radius 3 is 1.58 bits per heavy atom. The first kappa shape index (κ1) is 24.5. The summed E-state index contributed by atoms with van der Waals surface area (Å²) in [6.07, 6.45) is 0. The highest BCUT2D eigenvalue weighted by atomic mass is 16.3. The normalized spacial score (nSPS) is 12.0. The molecule has 0 spiro atoms. The molecule has 0 amide bonds. The van der Waals surface area contributed by atoms with Crippen molar-refractivity contribution in [3.63, 3.8) is 0 Å². The van der Waals surface area contributed by atoms with Gasteiger partial charge < -0.3 is 4.42 Å². The second-order valence-electron chi connectivity index (χ2n) is 12.0. The summed E-state index contributed by atoms with van der Waals surface area (Å²) in [4.78, 5) is 0. The zero-order valence-electron chi connectivity index (χ0n) is 24.4. The van der Waals surface area contributed by atoms with Crippen LogP contribution in [0.15, 0.2) is 162 Å². The van der Waals surface area contributed by atoms with Crippen LogP contribution in [0, 0.1) is 0 Å². The van der Waals surface area contributed by atoms with Crippen LogP contribution >= 0.6 is 0 Å². The molecule has 1 aromatic heterocycles. The van der Waals surface area contributed by atoms with Crippen molar-refractivity contribution in [2.45, 2.75) is 0 Å². The van der Waals surface area contributed by atoms with Crippen LogP contribution < -0.4 is 0 Å². The molecule has 0 radical (unpaired) electrons. The summed E-state index contributed by atoms with van der Waals surface area (Å²) in [5.41, 5.74) is 9.37. The minimum absolute atomic E-state index is 0.940. The van der Waals surface area contributed by atoms with Crippen LogP contribution in [0.1, 0.15) is 0 Å². The molecule has 0 fully saturated rings. The van der Waals surface area contributed by atoms with E-state index in [4.69, 9.17) is 4.42 Å². The second kappa shape index (κ2) is 9.29. The third-order valence-corrected chi connectivity index (χ3v) is 9.60. The standard InChI is InChI=1S/C44H26O/c1-2-12-28-25-29(24-23-27(28)11-1)31-14-3-4-15-32(31)42-33-16-5-7-18-35(33)43(36-19-8-6-17-34(36)42)38-26-30-13-9-21-39-41(30)44-37(38)20-10-22-40(44)45-39/h1-26H. The van der Waals surface area contributed by atoms with Gasteiger partial charge in [0.05, 0.1) is 0 Å². The molecule has 1 nitrogen and oxygen atoms in total. The van der Waals surface area contributed by atoms with E-state index in [9.17, 15) is 0 Å². The molecule has 0 bridgehead atoms. The van der Waals surface area contributed by atoms with Gasteiger partial charge in [0.1, 0.15) is 11.2 Å². The summed E-state index contributed by atoms with van der Waals surface area (Å²) in [6, 6.07) is 57.4. The van der Waals surface area contributed by atoms with E-state index in [0.717, 1.165) is 11.2 Å². The van der Waals surface area contributed by atoms with Crippen molar-refractivity contribution < 1.29 is 4.42 Å². The molecule has 10 aromatic rings. The van der Waals surface area contributed by atoms with Gasteiger partial charge in [0.25, 0.3) is 0 Å². The Bertz CT molecular complexity index is 2700. The minimum Gasteiger partial charge on any atom is -0.456 e. The molecule has 0 aliphatic carbocycles. The maximum absolute atomic E-state index is 6.34. The molecule has 10 rings (SSSR count). The highest BCUT2D eigenvalue weighted by molar-refractivity contribution is 6.30. The van der Waals surface area contributed by atoms with Gasteiger partial charge in [-0.1, -0.05) is 133 Å². The number of furan rings is 1. The highest BCUT2D eigenvalue weighted by Gasteiger charge is 2.22. The van der Waals surface area contributed by atoms with Crippen LogP contribution in [0.5, 0.6) is 0 Å². The minimum atomic E-state index is 0.940. The Kier molecular flexibility index (Phi) is 5.06. The van der Waals surface area contributed by atoms with E-state index in [0.29, 0.717) is 0 Å². The lowest BCUT2D eigenvalue weighted by atomic mass is 9.82. The molecular formula is C44H26O. The third kappa shape index (κ3) is 3.50. The van der Waals surface area contributed by atoms with Crippen LogP contribution in [0.2, 0.25) is 0 Å². The van der Waals surface area contributed by atoms with Crippen LogP contribution in [0.4, 0.5) is 0 Å². The molecular weight excluding hydrogens is 544 g/mol. The largest absolute Gasteiger partial charge is 0.456 e. The molecule has 0 aliphatic rings. The maximum Gasteiger partial charge on any atom is 0.136 e. The van der Waals surface area contributed by atoms with Crippen molar-refractivity contribution in [3.8, 4) is 33.4 Å². The molecule has 0 atom stereocenters. The summed E-state index contributed by atoms with van der Waals surface area (Å²) in [5, 5.41) is 12.4. The van der Waals surface area contributed by atoms with E-state index in [2.05, 4.69) is 158 Å². The summed E-state index contributed by atoms with van der Waals surface area (Å²) in [5.74, 6) is 0. The predicted octanol–water partition coefficient (Wildman–Crippen LogP) is 12.6. The topological polar surface area (TPSA) is 13.1 Å². The van der Waals surface area contributed by atoms with Crippen LogP contribution in [0.3, 0.4) is 0 Å². The van der Waals surface area contributed by atoms with E-state index in [-0.39, 0.29) is 0 Å². The molecule has 1 heteroatoms. The number of benzene rings is 9. The van der Waals surface area contributed by atoms with Gasteiger partial charge in [0, 0.05) is 10.8 Å². The average molecular weight is 571 g/mol. The van der Waals surface area contributed by atoms with Crippen molar-refractivity contribution in [3.05, 3.63) is 158 Å². The summed E-state index contributed by atoms with van der Waals surface area (Å²) < 4.78 is 6.34. The fourth-order valence-corrected chi connectivity index (χ4v) is 7.70. The Balaban J connectivity index is 1.33. The predicted molar refractivity (Wildman–Crippen MR) is 191 cm³/mol. The Hall–Kier alpha value is -5.92. The molecule has 9 aromatic carbocycles.